The summed E-state index contributed by atoms with van der Waals surface area (Å²) >= 11 is 0. The molecule has 1 amide bonds. The fourth-order valence-electron chi connectivity index (χ4n) is 5.17. The Kier molecular flexibility index (Phi) is 8.04. The van der Waals surface area contributed by atoms with Gasteiger partial charge in [-0.2, -0.15) is 0 Å². The molecule has 3 aromatic rings. The van der Waals surface area contributed by atoms with Crippen molar-refractivity contribution in [2.45, 2.75) is 49.7 Å². The van der Waals surface area contributed by atoms with Crippen LogP contribution in [0.3, 0.4) is 0 Å². The fraction of sp³-hybridized carbons (Fsp3) is 0.429. The minimum Gasteiger partial charge on any atom is -0.470 e. The number of fused-ring (bicyclic) bond motifs is 2. The Morgan fingerprint density at radius 1 is 1.13 bits per heavy atom. The number of H-pyrrole nitrogens is 1. The summed E-state index contributed by atoms with van der Waals surface area (Å²) in [4.78, 5) is 18.3. The van der Waals surface area contributed by atoms with Gasteiger partial charge in [-0.05, 0) is 30.4 Å². The number of rotatable bonds is 6. The van der Waals surface area contributed by atoms with Crippen LogP contribution in [0.5, 0.6) is 5.88 Å². The Balaban J connectivity index is 0.000000937. The number of benzene rings is 1. The van der Waals surface area contributed by atoms with Crippen molar-refractivity contribution in [3.05, 3.63) is 53.9 Å². The molecular weight excluding hydrogens is 493 g/mol. The molecule has 2 fully saturated rings. The largest absolute Gasteiger partial charge is 0.470 e. The quantitative estimate of drug-likeness (QED) is 0.424. The van der Waals surface area contributed by atoms with Gasteiger partial charge in [-0.15, -0.1) is 0 Å². The normalized spacial score (nSPS) is 26.3. The van der Waals surface area contributed by atoms with Crippen LogP contribution in [0.15, 0.2) is 42.5 Å². The molecule has 4 heterocycles. The second-order valence-corrected chi connectivity index (χ2v) is 9.68. The molecule has 10 heteroatoms. The number of nitrogens with one attached hydrogen (secondary N) is 2. The summed E-state index contributed by atoms with van der Waals surface area (Å²) in [5.41, 5.74) is 4.41. The van der Waals surface area contributed by atoms with E-state index in [-0.39, 0.29) is 36.7 Å². The van der Waals surface area contributed by atoms with Crippen molar-refractivity contribution in [1.29, 1.82) is 0 Å². The molecule has 2 saturated heterocycles. The summed E-state index contributed by atoms with van der Waals surface area (Å²) < 4.78 is 36.4. The highest BCUT2D eigenvalue weighted by atomic mass is 19.1. The highest BCUT2D eigenvalue weighted by Gasteiger charge is 2.48. The standard InChI is InChI=1S/C26H26FN3O5.C2H6O/c27-18-9-19-20(10-23(29-19)35-22-12-34-25-21(32)11-33-26(22)25)30-24(18)16-3-1-14(2-4-16)15-5-7-17(8-6-15)28-13-31;1-3-2/h1-5,9-10,13,17,21-22,25-26,29,32H,6-8,11-12H2,(H,28,31);1-2H3/t17?,21-,22-,25?,26-;/m1./s1. The number of halogens is 1. The van der Waals surface area contributed by atoms with E-state index in [0.29, 0.717) is 29.1 Å². The van der Waals surface area contributed by atoms with Crippen molar-refractivity contribution in [1.82, 2.24) is 15.3 Å². The molecule has 0 bridgehead atoms. The first-order valence-corrected chi connectivity index (χ1v) is 12.7. The lowest BCUT2D eigenvalue weighted by Crippen LogP contribution is -2.34. The number of aromatic nitrogens is 2. The van der Waals surface area contributed by atoms with Crippen molar-refractivity contribution >= 4 is 23.0 Å². The third kappa shape index (κ3) is 5.44. The first-order chi connectivity index (χ1) is 18.5. The van der Waals surface area contributed by atoms with Gasteiger partial charge in [0.25, 0.3) is 0 Å². The number of allylic oxidation sites excluding steroid dienone is 1. The highest BCUT2D eigenvalue weighted by molar-refractivity contribution is 5.81. The van der Waals surface area contributed by atoms with Crippen molar-refractivity contribution in [3.63, 3.8) is 0 Å². The molecule has 3 N–H and O–H groups in total. The average Bonchev–Trinajstić information content (AvgIpc) is 3.61. The van der Waals surface area contributed by atoms with E-state index in [9.17, 15) is 14.3 Å². The van der Waals surface area contributed by atoms with Gasteiger partial charge < -0.3 is 34.4 Å². The molecule has 1 aliphatic carbocycles. The summed E-state index contributed by atoms with van der Waals surface area (Å²) in [5.74, 6) is 0.0232. The number of nitrogens with zero attached hydrogens (tertiary/aromatic N) is 1. The first kappa shape index (κ1) is 26.3. The summed E-state index contributed by atoms with van der Waals surface area (Å²) in [6.45, 7) is 0.540. The summed E-state index contributed by atoms with van der Waals surface area (Å²) in [6.07, 6.45) is 3.78. The maximum Gasteiger partial charge on any atom is 0.207 e. The molecule has 0 spiro atoms. The summed E-state index contributed by atoms with van der Waals surface area (Å²) in [5, 5.41) is 12.7. The van der Waals surface area contributed by atoms with Crippen LogP contribution in [0.25, 0.3) is 27.9 Å². The molecule has 2 unspecified atom stereocenters. The summed E-state index contributed by atoms with van der Waals surface area (Å²) in [7, 11) is 3.25. The number of amides is 1. The van der Waals surface area contributed by atoms with Crippen molar-refractivity contribution in [2.75, 3.05) is 27.4 Å². The zero-order valence-electron chi connectivity index (χ0n) is 21.4. The van der Waals surface area contributed by atoms with Gasteiger partial charge in [0, 0.05) is 38.0 Å². The highest BCUT2D eigenvalue weighted by Crippen LogP contribution is 2.33. The van der Waals surface area contributed by atoms with Crippen LogP contribution in [0.2, 0.25) is 0 Å². The summed E-state index contributed by atoms with van der Waals surface area (Å²) in [6, 6.07) is 11.1. The molecule has 2 aliphatic heterocycles. The third-order valence-corrected chi connectivity index (χ3v) is 7.04. The monoisotopic (exact) mass is 525 g/mol. The van der Waals surface area contributed by atoms with Gasteiger partial charge in [-0.25, -0.2) is 9.37 Å². The molecule has 0 saturated carbocycles. The van der Waals surface area contributed by atoms with E-state index >= 15 is 0 Å². The fourth-order valence-corrected chi connectivity index (χ4v) is 5.17. The molecule has 6 rings (SSSR count). The maximum absolute atomic E-state index is 15.0. The first-order valence-electron chi connectivity index (χ1n) is 12.7. The second kappa shape index (κ2) is 11.6. The number of carbonyl (C=O) groups is 1. The number of pyridine rings is 1. The lowest BCUT2D eigenvalue weighted by atomic mass is 9.90. The minimum atomic E-state index is -0.646. The Hall–Kier alpha value is -3.31. The topological polar surface area (TPSA) is 115 Å². The number of carbonyl (C=O) groups excluding carboxylic acids is 1. The smallest absolute Gasteiger partial charge is 0.207 e. The van der Waals surface area contributed by atoms with Crippen LogP contribution in [-0.2, 0) is 19.0 Å². The van der Waals surface area contributed by atoms with Crippen LogP contribution in [0.1, 0.15) is 24.8 Å². The number of hydrogen-bond donors (Lipinski definition) is 3. The molecule has 38 heavy (non-hydrogen) atoms. The van der Waals surface area contributed by atoms with Gasteiger partial charge in [0.05, 0.1) is 24.2 Å². The van der Waals surface area contributed by atoms with Gasteiger partial charge in [-0.1, -0.05) is 30.3 Å². The third-order valence-electron chi connectivity index (χ3n) is 7.04. The van der Waals surface area contributed by atoms with Crippen molar-refractivity contribution < 1.29 is 33.2 Å². The van der Waals surface area contributed by atoms with Crippen LogP contribution in [0.4, 0.5) is 4.39 Å². The predicted octanol–water partition coefficient (Wildman–Crippen LogP) is 3.22. The van der Waals surface area contributed by atoms with Crippen LogP contribution >= 0.6 is 0 Å². The Labute approximate surface area is 219 Å². The molecule has 0 radical (unpaired) electrons. The Morgan fingerprint density at radius 2 is 1.87 bits per heavy atom. The SMILES string of the molecule is COC.O=CNC1CC=C(c2ccc(-c3nc4cc(O[C@@H]5COC6[C@H](O)CO[C@@H]65)[nH]c4cc3F)cc2)CC1. The van der Waals surface area contributed by atoms with Gasteiger partial charge in [0.2, 0.25) is 6.41 Å². The zero-order valence-corrected chi connectivity index (χ0v) is 21.4. The lowest BCUT2D eigenvalue weighted by molar-refractivity contribution is -0.110. The predicted molar refractivity (Wildman–Crippen MR) is 139 cm³/mol. The number of aliphatic hydroxyl groups excluding tert-OH is 1. The molecule has 1 aromatic carbocycles. The van der Waals surface area contributed by atoms with Crippen LogP contribution in [0, 0.1) is 5.82 Å². The second-order valence-electron chi connectivity index (χ2n) is 9.68. The zero-order chi connectivity index (χ0) is 26.6. The number of methoxy groups -OCH3 is 1. The van der Waals surface area contributed by atoms with E-state index in [4.69, 9.17) is 14.2 Å². The maximum atomic E-state index is 15.0. The van der Waals surface area contributed by atoms with E-state index in [1.807, 2.05) is 24.3 Å². The van der Waals surface area contributed by atoms with Crippen molar-refractivity contribution in [3.8, 4) is 17.1 Å². The van der Waals surface area contributed by atoms with Gasteiger partial charge in [0.15, 0.2) is 17.8 Å². The molecule has 2 aromatic heterocycles. The average molecular weight is 526 g/mol. The van der Waals surface area contributed by atoms with Crippen molar-refractivity contribution in [2.24, 2.45) is 0 Å². The van der Waals surface area contributed by atoms with Crippen LogP contribution < -0.4 is 10.1 Å². The van der Waals surface area contributed by atoms with Crippen LogP contribution in [-0.4, -0.2) is 79.4 Å². The number of hydrogen-bond acceptors (Lipinski definition) is 7. The minimum absolute atomic E-state index is 0.190. The number of aromatic amines is 1. The Morgan fingerprint density at radius 3 is 2.58 bits per heavy atom. The van der Waals surface area contributed by atoms with Gasteiger partial charge in [0.1, 0.15) is 24.0 Å². The molecule has 3 aliphatic rings. The molecule has 9 nitrogen and oxygen atoms in total. The molecule has 202 valence electrons. The number of aliphatic hydroxyl groups is 1. The van der Waals surface area contributed by atoms with E-state index in [1.54, 1.807) is 20.3 Å². The number of ether oxygens (including phenoxy) is 4. The lowest BCUT2D eigenvalue weighted by Gasteiger charge is -2.21. The molecule has 5 atom stereocenters. The molecular formula is C28H32FN3O6. The van der Waals surface area contributed by atoms with E-state index in [1.165, 1.54) is 11.6 Å². The van der Waals surface area contributed by atoms with E-state index < -0.39 is 11.9 Å². The van der Waals surface area contributed by atoms with Gasteiger partial charge in [-0.3, -0.25) is 4.79 Å². The Bertz CT molecular complexity index is 1290. The van der Waals surface area contributed by atoms with E-state index in [2.05, 4.69) is 26.1 Å². The van der Waals surface area contributed by atoms with E-state index in [0.717, 1.165) is 31.2 Å². The van der Waals surface area contributed by atoms with Gasteiger partial charge >= 0.3 is 0 Å².